The second kappa shape index (κ2) is 50.9. The van der Waals surface area contributed by atoms with E-state index < -0.39 is 26.5 Å². The van der Waals surface area contributed by atoms with E-state index in [0.717, 1.165) is 38.5 Å². The van der Waals surface area contributed by atoms with Crippen LogP contribution in [-0.2, 0) is 32.7 Å². The number of phosphoric ester groups is 1. The van der Waals surface area contributed by atoms with Crippen molar-refractivity contribution in [2.45, 2.75) is 315 Å². The summed E-state index contributed by atoms with van der Waals surface area (Å²) in [6, 6.07) is 0. The number of unbranched alkanes of at least 4 members (excludes halogenated alkanes) is 42. The first-order chi connectivity index (χ1) is 33.0. The summed E-state index contributed by atoms with van der Waals surface area (Å²) in [5.74, 6) is -0.773. The van der Waals surface area contributed by atoms with Crippen molar-refractivity contribution >= 4 is 19.8 Å². The maximum absolute atomic E-state index is 12.8. The highest BCUT2D eigenvalue weighted by Crippen LogP contribution is 2.43. The summed E-state index contributed by atoms with van der Waals surface area (Å²) >= 11 is 0. The van der Waals surface area contributed by atoms with Gasteiger partial charge in [0.1, 0.15) is 19.8 Å². The molecule has 9 nitrogen and oxygen atoms in total. The van der Waals surface area contributed by atoms with Gasteiger partial charge < -0.3 is 18.9 Å². The first kappa shape index (κ1) is 67.0. The van der Waals surface area contributed by atoms with Gasteiger partial charge in [-0.2, -0.15) is 0 Å². The van der Waals surface area contributed by atoms with Crippen LogP contribution in [0, 0.1) is 0 Å². The van der Waals surface area contributed by atoms with Crippen molar-refractivity contribution in [1.29, 1.82) is 0 Å². The molecule has 2 atom stereocenters. The summed E-state index contributed by atoms with van der Waals surface area (Å²) in [4.78, 5) is 35.7. The molecule has 10 heteroatoms. The van der Waals surface area contributed by atoms with Gasteiger partial charge in [0.15, 0.2) is 6.10 Å². The number of nitrogens with zero attached hydrogens (tertiary/aromatic N) is 1. The Morgan fingerprint density at radius 3 is 0.941 bits per heavy atom. The standard InChI is InChI=1S/C58H116NO8P/c1-6-8-10-12-14-16-18-20-22-24-26-27-28-29-30-31-32-33-35-37-39-41-43-45-47-49-51-58(61)67-56(55-66-68(62,63)65-53-52-59(3,4)5)54-64-57(60)50-48-46-44-42-40-38-36-34-25-23-21-19-17-15-13-11-9-7-2/h56H,6-55H2,1-5H3/p+1. The van der Waals surface area contributed by atoms with Crippen LogP contribution in [0.5, 0.6) is 0 Å². The average molecular weight is 988 g/mol. The van der Waals surface area contributed by atoms with Gasteiger partial charge in [0.05, 0.1) is 27.7 Å². The van der Waals surface area contributed by atoms with Crippen LogP contribution < -0.4 is 0 Å². The summed E-state index contributed by atoms with van der Waals surface area (Å²) in [5.41, 5.74) is 0. The molecular formula is C58H117NO8P+. The van der Waals surface area contributed by atoms with Crippen molar-refractivity contribution in [3.05, 3.63) is 0 Å². The summed E-state index contributed by atoms with van der Waals surface area (Å²) < 4.78 is 34.6. The lowest BCUT2D eigenvalue weighted by molar-refractivity contribution is -0.870. The lowest BCUT2D eigenvalue weighted by atomic mass is 10.0. The minimum absolute atomic E-state index is 0.0374. The lowest BCUT2D eigenvalue weighted by Crippen LogP contribution is -2.37. The van der Waals surface area contributed by atoms with Gasteiger partial charge in [0.25, 0.3) is 0 Å². The van der Waals surface area contributed by atoms with E-state index in [0.29, 0.717) is 17.4 Å². The number of likely N-dealkylation sites (N-methyl/N-ethyl adjacent to an activating group) is 1. The Bertz CT molecular complexity index is 1120. The van der Waals surface area contributed by atoms with Crippen LogP contribution in [0.4, 0.5) is 0 Å². The molecule has 0 saturated carbocycles. The van der Waals surface area contributed by atoms with E-state index in [4.69, 9.17) is 18.5 Å². The van der Waals surface area contributed by atoms with Gasteiger partial charge in [0, 0.05) is 12.8 Å². The number of quaternary nitrogens is 1. The summed E-state index contributed by atoms with van der Waals surface area (Å²) in [7, 11) is 1.50. The fourth-order valence-electron chi connectivity index (χ4n) is 9.02. The zero-order valence-corrected chi connectivity index (χ0v) is 47.0. The predicted octanol–water partition coefficient (Wildman–Crippen LogP) is 18.3. The Morgan fingerprint density at radius 2 is 0.662 bits per heavy atom. The van der Waals surface area contributed by atoms with E-state index in [9.17, 15) is 19.0 Å². The van der Waals surface area contributed by atoms with Gasteiger partial charge in [-0.3, -0.25) is 18.6 Å². The largest absolute Gasteiger partial charge is 0.472 e. The molecule has 0 aliphatic rings. The third-order valence-corrected chi connectivity index (χ3v) is 14.6. The Labute approximate surface area is 423 Å². The van der Waals surface area contributed by atoms with Gasteiger partial charge in [-0.1, -0.05) is 284 Å². The molecule has 0 radical (unpaired) electrons. The van der Waals surface area contributed by atoms with Crippen LogP contribution in [0.25, 0.3) is 0 Å². The third kappa shape index (κ3) is 54.3. The van der Waals surface area contributed by atoms with Crippen LogP contribution in [0.15, 0.2) is 0 Å². The van der Waals surface area contributed by atoms with Crippen molar-refractivity contribution < 1.29 is 42.1 Å². The van der Waals surface area contributed by atoms with Crippen molar-refractivity contribution in [2.75, 3.05) is 47.5 Å². The Hall–Kier alpha value is -0.990. The molecule has 0 rings (SSSR count). The minimum Gasteiger partial charge on any atom is -0.462 e. The quantitative estimate of drug-likeness (QED) is 0.0278. The second-order valence-corrected chi connectivity index (χ2v) is 23.2. The highest BCUT2D eigenvalue weighted by Gasteiger charge is 2.27. The van der Waals surface area contributed by atoms with Crippen molar-refractivity contribution in [2.24, 2.45) is 0 Å². The molecular weight excluding hydrogens is 870 g/mol. The topological polar surface area (TPSA) is 108 Å². The molecule has 0 amide bonds. The second-order valence-electron chi connectivity index (χ2n) is 21.8. The summed E-state index contributed by atoms with van der Waals surface area (Å²) in [5, 5.41) is 0. The number of hydrogen-bond donors (Lipinski definition) is 1. The minimum atomic E-state index is -4.38. The monoisotopic (exact) mass is 987 g/mol. The first-order valence-corrected chi connectivity index (χ1v) is 31.3. The van der Waals surface area contributed by atoms with Crippen molar-refractivity contribution in [1.82, 2.24) is 0 Å². The molecule has 1 N–H and O–H groups in total. The molecule has 68 heavy (non-hydrogen) atoms. The van der Waals surface area contributed by atoms with Gasteiger partial charge in [-0.05, 0) is 12.8 Å². The van der Waals surface area contributed by atoms with Gasteiger partial charge in [-0.15, -0.1) is 0 Å². The molecule has 0 bridgehead atoms. The highest BCUT2D eigenvalue weighted by atomic mass is 31.2. The Balaban J connectivity index is 4.07. The van der Waals surface area contributed by atoms with Crippen molar-refractivity contribution in [3.63, 3.8) is 0 Å². The maximum Gasteiger partial charge on any atom is 0.472 e. The van der Waals surface area contributed by atoms with Gasteiger partial charge in [-0.25, -0.2) is 4.57 Å². The fraction of sp³-hybridized carbons (Fsp3) is 0.966. The zero-order valence-electron chi connectivity index (χ0n) is 46.1. The SMILES string of the molecule is CCCCCCCCCCCCCCCCCCCCCCCCCCCCC(=O)OC(COC(=O)CCCCCCCCCCCCCCCCCCCC)COP(=O)(O)OCC[N+](C)(C)C. The van der Waals surface area contributed by atoms with Crippen molar-refractivity contribution in [3.8, 4) is 0 Å². The van der Waals surface area contributed by atoms with Crippen LogP contribution in [0.1, 0.15) is 309 Å². The summed E-state index contributed by atoms with van der Waals surface area (Å²) in [6.45, 7) is 4.51. The van der Waals surface area contributed by atoms with E-state index >= 15 is 0 Å². The third-order valence-electron chi connectivity index (χ3n) is 13.6. The molecule has 0 aromatic rings. The lowest BCUT2D eigenvalue weighted by Gasteiger charge is -2.24. The molecule has 406 valence electrons. The number of carbonyl (C=O) groups excluding carboxylic acids is 2. The van der Waals surface area contributed by atoms with E-state index in [2.05, 4.69) is 13.8 Å². The molecule has 2 unspecified atom stereocenters. The molecule has 0 spiro atoms. The van der Waals surface area contributed by atoms with E-state index in [1.807, 2.05) is 21.1 Å². The number of esters is 2. The zero-order chi connectivity index (χ0) is 49.9. The number of ether oxygens (including phenoxy) is 2. The Morgan fingerprint density at radius 1 is 0.397 bits per heavy atom. The van der Waals surface area contributed by atoms with Crippen LogP contribution >= 0.6 is 7.82 Å². The molecule has 0 aromatic heterocycles. The van der Waals surface area contributed by atoms with Gasteiger partial charge in [0.2, 0.25) is 0 Å². The van der Waals surface area contributed by atoms with Crippen LogP contribution in [0.3, 0.4) is 0 Å². The number of phosphoric acid groups is 1. The molecule has 0 aliphatic carbocycles. The van der Waals surface area contributed by atoms with E-state index in [1.54, 1.807) is 0 Å². The predicted molar refractivity (Wildman–Crippen MR) is 289 cm³/mol. The number of rotatable bonds is 56. The molecule has 0 aromatic carbocycles. The molecule has 0 heterocycles. The first-order valence-electron chi connectivity index (χ1n) is 29.8. The normalized spacial score (nSPS) is 13.2. The molecule has 0 aliphatic heterocycles. The van der Waals surface area contributed by atoms with Gasteiger partial charge >= 0.3 is 19.8 Å². The number of carbonyl (C=O) groups is 2. The highest BCUT2D eigenvalue weighted by molar-refractivity contribution is 7.47. The smallest absolute Gasteiger partial charge is 0.462 e. The summed E-state index contributed by atoms with van der Waals surface area (Å²) in [6.07, 6.45) is 57.5. The Kier molecular flexibility index (Phi) is 50.2. The molecule has 0 saturated heterocycles. The maximum atomic E-state index is 12.8. The molecule has 0 fully saturated rings. The van der Waals surface area contributed by atoms with E-state index in [1.165, 1.54) is 244 Å². The van der Waals surface area contributed by atoms with Crippen LogP contribution in [0.2, 0.25) is 0 Å². The average Bonchev–Trinajstić information content (AvgIpc) is 3.30. The van der Waals surface area contributed by atoms with E-state index in [-0.39, 0.29) is 25.6 Å². The fourth-order valence-corrected chi connectivity index (χ4v) is 9.76. The number of hydrogen-bond acceptors (Lipinski definition) is 7. The van der Waals surface area contributed by atoms with Crippen LogP contribution in [-0.4, -0.2) is 74.9 Å².